The van der Waals surface area contributed by atoms with Crippen molar-refractivity contribution < 1.29 is 4.79 Å². The van der Waals surface area contributed by atoms with Crippen molar-refractivity contribution in [3.8, 4) is 0 Å². The van der Waals surface area contributed by atoms with Gasteiger partial charge >= 0.3 is 0 Å². The molecule has 0 unspecified atom stereocenters. The summed E-state index contributed by atoms with van der Waals surface area (Å²) in [6, 6.07) is 12.5. The van der Waals surface area contributed by atoms with E-state index in [-0.39, 0.29) is 5.91 Å². The van der Waals surface area contributed by atoms with Crippen molar-refractivity contribution in [1.82, 2.24) is 10.2 Å². The smallest absolute Gasteiger partial charge is 0.244 e. The molecule has 1 saturated heterocycles. The van der Waals surface area contributed by atoms with Crippen molar-refractivity contribution >= 4 is 23.3 Å². The second kappa shape index (κ2) is 8.09. The van der Waals surface area contributed by atoms with Crippen molar-refractivity contribution in [2.75, 3.05) is 13.1 Å². The highest BCUT2D eigenvalue weighted by Crippen LogP contribution is 2.13. The van der Waals surface area contributed by atoms with E-state index in [9.17, 15) is 4.79 Å². The van der Waals surface area contributed by atoms with Crippen molar-refractivity contribution in [2.45, 2.75) is 25.9 Å². The number of hydrogen-bond acceptors (Lipinski definition) is 3. The lowest BCUT2D eigenvalue weighted by molar-refractivity contribution is -0.116. The summed E-state index contributed by atoms with van der Waals surface area (Å²) in [4.78, 5) is 15.4. The molecule has 0 saturated carbocycles. The molecule has 2 heterocycles. The molecular formula is C19H22N2OS. The van der Waals surface area contributed by atoms with Crippen LogP contribution in [-0.4, -0.2) is 23.9 Å². The molecule has 2 aromatic rings. The zero-order valence-corrected chi connectivity index (χ0v) is 14.0. The predicted molar refractivity (Wildman–Crippen MR) is 96.2 cm³/mol. The number of hydrogen-bond donors (Lipinski definition) is 1. The minimum atomic E-state index is -0.0560. The van der Waals surface area contributed by atoms with Gasteiger partial charge in [0.15, 0.2) is 0 Å². The number of carbonyl (C=O) groups is 1. The van der Waals surface area contributed by atoms with Gasteiger partial charge in [-0.2, -0.15) is 0 Å². The average molecular weight is 326 g/mol. The number of amides is 1. The monoisotopic (exact) mass is 326 g/mol. The standard InChI is InChI=1S/C19H22N2OS/c22-19(10-9-18-4-3-13-23-18)20-14-16-5-7-17(8-6-16)15-21-11-1-2-12-21/h3-10,13H,1-2,11-12,14-15H2,(H,20,22)/b10-9+. The van der Waals surface area contributed by atoms with E-state index in [0.29, 0.717) is 6.54 Å². The Morgan fingerprint density at radius 1 is 1.13 bits per heavy atom. The van der Waals surface area contributed by atoms with E-state index >= 15 is 0 Å². The number of nitrogens with zero attached hydrogens (tertiary/aromatic N) is 1. The molecule has 1 aliphatic rings. The average Bonchev–Trinajstić information content (AvgIpc) is 3.26. The Bertz CT molecular complexity index is 641. The normalized spacial score (nSPS) is 15.3. The Hall–Kier alpha value is -1.91. The molecule has 1 amide bonds. The van der Waals surface area contributed by atoms with Crippen LogP contribution >= 0.6 is 11.3 Å². The first kappa shape index (κ1) is 16.0. The molecule has 0 atom stereocenters. The summed E-state index contributed by atoms with van der Waals surface area (Å²) in [6.07, 6.45) is 6.08. The van der Waals surface area contributed by atoms with Crippen molar-refractivity contribution in [3.05, 3.63) is 63.9 Å². The highest BCUT2D eigenvalue weighted by Gasteiger charge is 2.11. The molecule has 0 aliphatic carbocycles. The van der Waals surface area contributed by atoms with E-state index in [1.54, 1.807) is 17.4 Å². The molecule has 1 fully saturated rings. The van der Waals surface area contributed by atoms with Crippen LogP contribution in [0.3, 0.4) is 0 Å². The molecule has 4 heteroatoms. The van der Waals surface area contributed by atoms with Gasteiger partial charge in [-0.1, -0.05) is 30.3 Å². The Kier molecular flexibility index (Phi) is 5.61. The van der Waals surface area contributed by atoms with Gasteiger partial charge in [-0.15, -0.1) is 11.3 Å². The molecule has 3 rings (SSSR count). The van der Waals surface area contributed by atoms with Crippen LogP contribution in [0.2, 0.25) is 0 Å². The molecule has 0 radical (unpaired) electrons. The Labute approximate surface area is 141 Å². The third-order valence-electron chi connectivity index (χ3n) is 4.04. The number of carbonyl (C=O) groups excluding carboxylic acids is 1. The fourth-order valence-corrected chi connectivity index (χ4v) is 3.37. The van der Waals surface area contributed by atoms with Gasteiger partial charge in [0.1, 0.15) is 0 Å². The summed E-state index contributed by atoms with van der Waals surface area (Å²) in [5.41, 5.74) is 2.48. The van der Waals surface area contributed by atoms with Gasteiger partial charge < -0.3 is 5.32 Å². The number of nitrogens with one attached hydrogen (secondary N) is 1. The van der Waals surface area contributed by atoms with Crippen LogP contribution < -0.4 is 5.32 Å². The Balaban J connectivity index is 1.45. The Morgan fingerprint density at radius 3 is 2.57 bits per heavy atom. The fraction of sp³-hybridized carbons (Fsp3) is 0.316. The van der Waals surface area contributed by atoms with E-state index in [0.717, 1.165) is 17.0 Å². The lowest BCUT2D eigenvalue weighted by Gasteiger charge is -2.14. The van der Waals surface area contributed by atoms with Gasteiger partial charge in [-0.3, -0.25) is 9.69 Å². The van der Waals surface area contributed by atoms with Gasteiger partial charge in [-0.25, -0.2) is 0 Å². The summed E-state index contributed by atoms with van der Waals surface area (Å²) >= 11 is 1.62. The molecule has 1 N–H and O–H groups in total. The number of benzene rings is 1. The van der Waals surface area contributed by atoms with Gasteiger partial charge in [0.2, 0.25) is 5.91 Å². The third-order valence-corrected chi connectivity index (χ3v) is 4.87. The summed E-state index contributed by atoms with van der Waals surface area (Å²) in [7, 11) is 0. The number of thiophene rings is 1. The number of rotatable bonds is 6. The van der Waals surface area contributed by atoms with Crippen LogP contribution in [0.4, 0.5) is 0 Å². The highest BCUT2D eigenvalue weighted by molar-refractivity contribution is 7.10. The van der Waals surface area contributed by atoms with E-state index in [2.05, 4.69) is 34.5 Å². The second-order valence-electron chi connectivity index (χ2n) is 5.87. The first-order valence-corrected chi connectivity index (χ1v) is 8.97. The highest BCUT2D eigenvalue weighted by atomic mass is 32.1. The van der Waals surface area contributed by atoms with Crippen LogP contribution in [0.25, 0.3) is 6.08 Å². The van der Waals surface area contributed by atoms with E-state index in [1.165, 1.54) is 31.5 Å². The molecule has 3 nitrogen and oxygen atoms in total. The van der Waals surface area contributed by atoms with Gasteiger partial charge in [-0.05, 0) is 54.6 Å². The predicted octanol–water partition coefficient (Wildman–Crippen LogP) is 3.67. The zero-order chi connectivity index (χ0) is 15.9. The fourth-order valence-electron chi connectivity index (χ4n) is 2.75. The molecule has 1 aliphatic heterocycles. The SMILES string of the molecule is O=C(/C=C/c1cccs1)NCc1ccc(CN2CCCC2)cc1. The first-order valence-electron chi connectivity index (χ1n) is 8.09. The van der Waals surface area contributed by atoms with Crippen LogP contribution in [0.15, 0.2) is 47.9 Å². The molecule has 120 valence electrons. The Morgan fingerprint density at radius 2 is 1.87 bits per heavy atom. The van der Waals surface area contributed by atoms with Crippen LogP contribution in [0.5, 0.6) is 0 Å². The van der Waals surface area contributed by atoms with Crippen molar-refractivity contribution in [2.24, 2.45) is 0 Å². The van der Waals surface area contributed by atoms with Gasteiger partial charge in [0.05, 0.1) is 0 Å². The summed E-state index contributed by atoms with van der Waals surface area (Å²) < 4.78 is 0. The van der Waals surface area contributed by atoms with Crippen LogP contribution in [0.1, 0.15) is 28.8 Å². The minimum absolute atomic E-state index is 0.0560. The maximum Gasteiger partial charge on any atom is 0.244 e. The van der Waals surface area contributed by atoms with Gasteiger partial charge in [0.25, 0.3) is 0 Å². The minimum Gasteiger partial charge on any atom is -0.348 e. The second-order valence-corrected chi connectivity index (χ2v) is 6.85. The summed E-state index contributed by atoms with van der Waals surface area (Å²) in [5, 5.41) is 4.92. The molecular weight excluding hydrogens is 304 g/mol. The van der Waals surface area contributed by atoms with Crippen molar-refractivity contribution in [1.29, 1.82) is 0 Å². The van der Waals surface area contributed by atoms with Crippen LogP contribution in [-0.2, 0) is 17.9 Å². The topological polar surface area (TPSA) is 32.3 Å². The maximum atomic E-state index is 11.8. The molecule has 23 heavy (non-hydrogen) atoms. The maximum absolute atomic E-state index is 11.8. The third kappa shape index (κ3) is 5.05. The van der Waals surface area contributed by atoms with Crippen LogP contribution in [0, 0.1) is 0 Å². The molecule has 1 aromatic carbocycles. The lowest BCUT2D eigenvalue weighted by atomic mass is 10.1. The summed E-state index contributed by atoms with van der Waals surface area (Å²) in [5.74, 6) is -0.0560. The van der Waals surface area contributed by atoms with E-state index in [4.69, 9.17) is 0 Å². The number of likely N-dealkylation sites (tertiary alicyclic amines) is 1. The summed E-state index contributed by atoms with van der Waals surface area (Å²) in [6.45, 7) is 4.04. The zero-order valence-electron chi connectivity index (χ0n) is 13.2. The molecule has 0 spiro atoms. The largest absolute Gasteiger partial charge is 0.348 e. The molecule has 0 bridgehead atoms. The first-order chi connectivity index (χ1) is 11.3. The lowest BCUT2D eigenvalue weighted by Crippen LogP contribution is -2.20. The quantitative estimate of drug-likeness (QED) is 0.822. The van der Waals surface area contributed by atoms with E-state index < -0.39 is 0 Å². The molecule has 1 aromatic heterocycles. The van der Waals surface area contributed by atoms with Gasteiger partial charge in [0, 0.05) is 24.0 Å². The van der Waals surface area contributed by atoms with E-state index in [1.807, 2.05) is 23.6 Å². The van der Waals surface area contributed by atoms with Crippen molar-refractivity contribution in [3.63, 3.8) is 0 Å².